The molecule has 0 spiro atoms. The second-order valence-corrected chi connectivity index (χ2v) is 4.55. The minimum atomic E-state index is -0.630. The molecule has 0 saturated heterocycles. The maximum absolute atomic E-state index is 13.6. The van der Waals surface area contributed by atoms with Crippen molar-refractivity contribution in [2.75, 3.05) is 0 Å². The molecule has 2 rings (SSSR count). The summed E-state index contributed by atoms with van der Waals surface area (Å²) in [6.07, 6.45) is 0. The van der Waals surface area contributed by atoms with E-state index in [4.69, 9.17) is 39.1 Å². The highest BCUT2D eigenvalue weighted by Crippen LogP contribution is 2.33. The fourth-order valence-electron chi connectivity index (χ4n) is 1.53. The van der Waals surface area contributed by atoms with Crippen LogP contribution in [0, 0.1) is 11.2 Å². The average molecular weight is 299 g/mol. The Balaban J connectivity index is 2.44. The van der Waals surface area contributed by atoms with Gasteiger partial charge in [-0.05, 0) is 30.3 Å². The van der Waals surface area contributed by atoms with Gasteiger partial charge in [-0.1, -0.05) is 29.3 Å². The van der Waals surface area contributed by atoms with E-state index < -0.39 is 11.7 Å². The van der Waals surface area contributed by atoms with Gasteiger partial charge in [0.15, 0.2) is 0 Å². The van der Waals surface area contributed by atoms with Crippen molar-refractivity contribution in [3.05, 3.63) is 57.8 Å². The van der Waals surface area contributed by atoms with Crippen LogP contribution in [0.1, 0.15) is 5.56 Å². The number of halogens is 3. The Morgan fingerprint density at radius 1 is 1.16 bits per heavy atom. The summed E-state index contributed by atoms with van der Waals surface area (Å²) in [6.45, 7) is 0. The van der Waals surface area contributed by atoms with Gasteiger partial charge in [-0.3, -0.25) is 5.41 Å². The van der Waals surface area contributed by atoms with E-state index in [0.29, 0.717) is 10.8 Å². The van der Waals surface area contributed by atoms with Crippen LogP contribution in [0.5, 0.6) is 11.5 Å². The lowest BCUT2D eigenvalue weighted by molar-refractivity contribution is 0.475. The van der Waals surface area contributed by atoms with Gasteiger partial charge >= 0.3 is 0 Å². The molecule has 0 fully saturated rings. The van der Waals surface area contributed by atoms with Gasteiger partial charge in [0.05, 0.1) is 10.6 Å². The Hall–Kier alpha value is -1.78. The first-order valence-electron chi connectivity index (χ1n) is 5.25. The van der Waals surface area contributed by atoms with E-state index in [0.717, 1.165) is 0 Å². The zero-order chi connectivity index (χ0) is 14.0. The van der Waals surface area contributed by atoms with E-state index in [1.165, 1.54) is 24.3 Å². The lowest BCUT2D eigenvalue weighted by Gasteiger charge is -2.12. The minimum absolute atomic E-state index is 0.103. The van der Waals surface area contributed by atoms with E-state index >= 15 is 0 Å². The molecule has 98 valence electrons. The number of nitrogen functional groups attached to an aromatic ring is 1. The summed E-state index contributed by atoms with van der Waals surface area (Å²) in [7, 11) is 0. The molecule has 0 amide bonds. The summed E-state index contributed by atoms with van der Waals surface area (Å²) in [6, 6.07) is 8.82. The molecule has 0 aromatic heterocycles. The molecule has 0 saturated carbocycles. The molecule has 3 N–H and O–H groups in total. The van der Waals surface area contributed by atoms with Crippen LogP contribution < -0.4 is 10.5 Å². The number of ether oxygens (including phenoxy) is 1. The highest BCUT2D eigenvalue weighted by atomic mass is 35.5. The van der Waals surface area contributed by atoms with Crippen molar-refractivity contribution in [1.82, 2.24) is 0 Å². The first kappa shape index (κ1) is 13.6. The number of benzene rings is 2. The van der Waals surface area contributed by atoms with Crippen molar-refractivity contribution >= 4 is 29.0 Å². The number of amidine groups is 1. The van der Waals surface area contributed by atoms with Crippen LogP contribution in [0.15, 0.2) is 36.4 Å². The van der Waals surface area contributed by atoms with Crippen molar-refractivity contribution < 1.29 is 9.13 Å². The van der Waals surface area contributed by atoms with Gasteiger partial charge in [0.2, 0.25) is 0 Å². The predicted molar refractivity (Wildman–Crippen MR) is 74.0 cm³/mol. The van der Waals surface area contributed by atoms with Crippen molar-refractivity contribution in [2.45, 2.75) is 0 Å². The quantitative estimate of drug-likeness (QED) is 0.659. The first-order valence-corrected chi connectivity index (χ1v) is 6.00. The molecule has 0 aliphatic rings. The number of nitrogens with two attached hydrogens (primary N) is 1. The molecular formula is C13H9Cl2FN2O. The van der Waals surface area contributed by atoms with E-state index in [-0.39, 0.29) is 16.3 Å². The Morgan fingerprint density at radius 2 is 1.89 bits per heavy atom. The van der Waals surface area contributed by atoms with Gasteiger partial charge < -0.3 is 10.5 Å². The zero-order valence-corrected chi connectivity index (χ0v) is 11.1. The van der Waals surface area contributed by atoms with E-state index in [9.17, 15) is 4.39 Å². The van der Waals surface area contributed by atoms with Crippen LogP contribution in [-0.4, -0.2) is 5.84 Å². The van der Waals surface area contributed by atoms with Crippen molar-refractivity contribution in [2.24, 2.45) is 5.73 Å². The summed E-state index contributed by atoms with van der Waals surface area (Å²) >= 11 is 11.7. The Labute approximate surface area is 119 Å². The summed E-state index contributed by atoms with van der Waals surface area (Å²) in [5.41, 5.74) is 5.24. The van der Waals surface area contributed by atoms with E-state index in [1.54, 1.807) is 12.1 Å². The standard InChI is InChI=1S/C13H9Cl2FN2O/c14-7-4-5-10(8(15)6-7)19-11-3-1-2-9(16)12(11)13(17)18/h1-6H,(H3,17,18). The molecule has 0 heterocycles. The fraction of sp³-hybridized carbons (Fsp3) is 0. The Bertz CT molecular complexity index is 647. The number of hydrogen-bond acceptors (Lipinski definition) is 2. The molecule has 0 atom stereocenters. The smallest absolute Gasteiger partial charge is 0.146 e. The number of rotatable bonds is 3. The maximum atomic E-state index is 13.6. The highest BCUT2D eigenvalue weighted by molar-refractivity contribution is 6.35. The van der Waals surface area contributed by atoms with E-state index in [2.05, 4.69) is 0 Å². The van der Waals surface area contributed by atoms with Crippen LogP contribution in [0.3, 0.4) is 0 Å². The lowest BCUT2D eigenvalue weighted by atomic mass is 10.1. The third-order valence-corrected chi connectivity index (χ3v) is 2.89. The SMILES string of the molecule is N=C(N)c1c(F)cccc1Oc1ccc(Cl)cc1Cl. The molecule has 0 aliphatic carbocycles. The third-order valence-electron chi connectivity index (χ3n) is 2.36. The molecule has 0 radical (unpaired) electrons. The molecule has 0 unspecified atom stereocenters. The van der Waals surface area contributed by atoms with Crippen LogP contribution in [-0.2, 0) is 0 Å². The average Bonchev–Trinajstić information content (AvgIpc) is 2.32. The summed E-state index contributed by atoms with van der Waals surface area (Å²) in [4.78, 5) is 0. The molecule has 0 aliphatic heterocycles. The van der Waals surface area contributed by atoms with E-state index in [1.807, 2.05) is 0 Å². The Morgan fingerprint density at radius 3 is 2.53 bits per heavy atom. The maximum Gasteiger partial charge on any atom is 0.146 e. The van der Waals surface area contributed by atoms with Crippen LogP contribution in [0.2, 0.25) is 10.0 Å². The second-order valence-electron chi connectivity index (χ2n) is 3.70. The second kappa shape index (κ2) is 5.47. The fourth-order valence-corrected chi connectivity index (χ4v) is 1.97. The van der Waals surface area contributed by atoms with Crippen molar-refractivity contribution in [3.8, 4) is 11.5 Å². The van der Waals surface area contributed by atoms with Crippen LogP contribution >= 0.6 is 23.2 Å². The topological polar surface area (TPSA) is 59.1 Å². The van der Waals surface area contributed by atoms with Gasteiger partial charge in [-0.25, -0.2) is 4.39 Å². The van der Waals surface area contributed by atoms with Crippen molar-refractivity contribution in [1.29, 1.82) is 5.41 Å². The molecule has 6 heteroatoms. The first-order chi connectivity index (χ1) is 8.99. The minimum Gasteiger partial charge on any atom is -0.455 e. The molecule has 2 aromatic carbocycles. The monoisotopic (exact) mass is 298 g/mol. The van der Waals surface area contributed by atoms with Crippen LogP contribution in [0.4, 0.5) is 4.39 Å². The van der Waals surface area contributed by atoms with Crippen molar-refractivity contribution in [3.63, 3.8) is 0 Å². The largest absolute Gasteiger partial charge is 0.455 e. The molecule has 3 nitrogen and oxygen atoms in total. The van der Waals surface area contributed by atoms with Gasteiger partial charge in [-0.2, -0.15) is 0 Å². The summed E-state index contributed by atoms with van der Waals surface area (Å²) in [5, 5.41) is 8.12. The van der Waals surface area contributed by atoms with Crippen LogP contribution in [0.25, 0.3) is 0 Å². The number of hydrogen-bond donors (Lipinski definition) is 2. The normalized spacial score (nSPS) is 10.3. The van der Waals surface area contributed by atoms with Gasteiger partial charge in [0, 0.05) is 5.02 Å². The summed E-state index contributed by atoms with van der Waals surface area (Å²) < 4.78 is 19.1. The number of nitrogens with one attached hydrogen (secondary N) is 1. The zero-order valence-electron chi connectivity index (χ0n) is 9.58. The van der Waals surface area contributed by atoms with Gasteiger partial charge in [0.1, 0.15) is 23.2 Å². The lowest BCUT2D eigenvalue weighted by Crippen LogP contribution is -2.14. The third kappa shape index (κ3) is 2.97. The van der Waals surface area contributed by atoms with Gasteiger partial charge in [-0.15, -0.1) is 0 Å². The highest BCUT2D eigenvalue weighted by Gasteiger charge is 2.14. The molecular weight excluding hydrogens is 290 g/mol. The molecule has 2 aromatic rings. The molecule has 19 heavy (non-hydrogen) atoms. The molecule has 0 bridgehead atoms. The Kier molecular flexibility index (Phi) is 3.93. The summed E-state index contributed by atoms with van der Waals surface area (Å²) in [5.74, 6) is -0.621. The van der Waals surface area contributed by atoms with Gasteiger partial charge in [0.25, 0.3) is 0 Å². The predicted octanol–water partition coefficient (Wildman–Crippen LogP) is 4.21.